The first-order chi connectivity index (χ1) is 13.2. The van der Waals surface area contributed by atoms with E-state index >= 15 is 0 Å². The lowest BCUT2D eigenvalue weighted by molar-refractivity contribution is 0.231. The number of ether oxygens (including phenoxy) is 1. The number of nitrogens with zero attached hydrogens (tertiary/aromatic N) is 6. The molecule has 3 aromatic heterocycles. The highest BCUT2D eigenvalue weighted by molar-refractivity contribution is 5.49. The molecule has 1 fully saturated rings. The Morgan fingerprint density at radius 2 is 1.89 bits per heavy atom. The Kier molecular flexibility index (Phi) is 4.95. The van der Waals surface area contributed by atoms with Gasteiger partial charge in [0.1, 0.15) is 5.69 Å². The van der Waals surface area contributed by atoms with Crippen LogP contribution in [0.25, 0.3) is 11.5 Å². The van der Waals surface area contributed by atoms with E-state index in [4.69, 9.17) is 9.26 Å². The molecule has 3 aromatic rings. The van der Waals surface area contributed by atoms with Crippen LogP contribution in [-0.4, -0.2) is 44.3 Å². The molecule has 0 saturated carbocycles. The van der Waals surface area contributed by atoms with Crippen molar-refractivity contribution in [3.8, 4) is 17.4 Å². The topological polar surface area (TPSA) is 90.1 Å². The molecule has 0 atom stereocenters. The van der Waals surface area contributed by atoms with Crippen molar-refractivity contribution < 1.29 is 9.26 Å². The number of hydrogen-bond acceptors (Lipinski definition) is 8. The fourth-order valence-corrected chi connectivity index (χ4v) is 3.18. The van der Waals surface area contributed by atoms with E-state index < -0.39 is 0 Å². The molecule has 0 bridgehead atoms. The van der Waals surface area contributed by atoms with Gasteiger partial charge in [-0.2, -0.15) is 4.98 Å². The van der Waals surface area contributed by atoms with E-state index in [2.05, 4.69) is 30.0 Å². The highest BCUT2D eigenvalue weighted by atomic mass is 16.5. The van der Waals surface area contributed by atoms with E-state index in [1.165, 1.54) is 0 Å². The lowest BCUT2D eigenvalue weighted by Gasteiger charge is -2.31. The molecule has 1 aliphatic heterocycles. The molecule has 1 aliphatic rings. The maximum atomic E-state index is 5.80. The van der Waals surface area contributed by atoms with Crippen LogP contribution in [0.3, 0.4) is 0 Å². The van der Waals surface area contributed by atoms with Gasteiger partial charge < -0.3 is 14.2 Å². The number of anilines is 1. The third kappa shape index (κ3) is 3.89. The second-order valence-electron chi connectivity index (χ2n) is 6.78. The van der Waals surface area contributed by atoms with Gasteiger partial charge in [-0.3, -0.25) is 4.98 Å². The lowest BCUT2D eigenvalue weighted by Crippen LogP contribution is -2.34. The highest BCUT2D eigenvalue weighted by Crippen LogP contribution is 2.32. The van der Waals surface area contributed by atoms with Gasteiger partial charge in [-0.05, 0) is 38.8 Å². The lowest BCUT2D eigenvalue weighted by atomic mass is 9.97. The normalized spacial score (nSPS) is 15.3. The molecule has 0 aromatic carbocycles. The van der Waals surface area contributed by atoms with E-state index in [0.29, 0.717) is 17.6 Å². The van der Waals surface area contributed by atoms with Gasteiger partial charge in [0.05, 0.1) is 6.10 Å². The van der Waals surface area contributed by atoms with Crippen LogP contribution >= 0.6 is 0 Å². The van der Waals surface area contributed by atoms with Gasteiger partial charge in [0.25, 0.3) is 5.88 Å². The fraction of sp³-hybridized carbons (Fsp3) is 0.421. The van der Waals surface area contributed by atoms with Gasteiger partial charge in [-0.15, -0.1) is 0 Å². The van der Waals surface area contributed by atoms with Crippen LogP contribution in [0.2, 0.25) is 0 Å². The van der Waals surface area contributed by atoms with E-state index in [1.807, 2.05) is 32.0 Å². The second kappa shape index (κ2) is 7.69. The van der Waals surface area contributed by atoms with Gasteiger partial charge in [0, 0.05) is 37.6 Å². The third-order valence-electron chi connectivity index (χ3n) is 4.47. The van der Waals surface area contributed by atoms with Gasteiger partial charge in [0.2, 0.25) is 11.7 Å². The van der Waals surface area contributed by atoms with Crippen LogP contribution in [0, 0.1) is 0 Å². The molecule has 0 aliphatic carbocycles. The quantitative estimate of drug-likeness (QED) is 0.680. The smallest absolute Gasteiger partial charge is 0.257 e. The van der Waals surface area contributed by atoms with Crippen LogP contribution in [-0.2, 0) is 0 Å². The predicted molar refractivity (Wildman–Crippen MR) is 99.5 cm³/mol. The first-order valence-electron chi connectivity index (χ1n) is 9.18. The van der Waals surface area contributed by atoms with Crippen molar-refractivity contribution in [2.45, 2.75) is 38.7 Å². The Bertz CT molecular complexity index is 875. The zero-order valence-corrected chi connectivity index (χ0v) is 15.4. The van der Waals surface area contributed by atoms with Crippen molar-refractivity contribution in [3.63, 3.8) is 0 Å². The van der Waals surface area contributed by atoms with Gasteiger partial charge in [-0.1, -0.05) is 11.2 Å². The average Bonchev–Trinajstić information content (AvgIpc) is 3.19. The minimum absolute atomic E-state index is 0.0569. The van der Waals surface area contributed by atoms with Crippen LogP contribution in [0.4, 0.5) is 5.82 Å². The summed E-state index contributed by atoms with van der Waals surface area (Å²) >= 11 is 0. The molecule has 8 heteroatoms. The van der Waals surface area contributed by atoms with Crippen LogP contribution in [0.5, 0.6) is 5.88 Å². The summed E-state index contributed by atoms with van der Waals surface area (Å²) in [6.07, 6.45) is 6.95. The minimum atomic E-state index is 0.0569. The summed E-state index contributed by atoms with van der Waals surface area (Å²) in [5.41, 5.74) is 0.722. The van der Waals surface area contributed by atoms with Crippen molar-refractivity contribution in [2.75, 3.05) is 18.0 Å². The maximum Gasteiger partial charge on any atom is 0.257 e. The zero-order chi connectivity index (χ0) is 18.6. The Hall–Kier alpha value is -3.03. The summed E-state index contributed by atoms with van der Waals surface area (Å²) in [7, 11) is 0. The Morgan fingerprint density at radius 3 is 2.63 bits per heavy atom. The molecule has 1 saturated heterocycles. The standard InChI is InChI=1S/C19H22N6O2/c1-13(2)26-19-17(21-9-10-22-19)25-11-6-14(7-12-25)18-23-16(24-27-18)15-5-3-4-8-20-15/h3-5,8-10,13-14H,6-7,11-12H2,1-2H3. The van der Waals surface area contributed by atoms with Crippen LogP contribution in [0.1, 0.15) is 38.5 Å². The predicted octanol–water partition coefficient (Wildman–Crippen LogP) is 3.09. The minimum Gasteiger partial charge on any atom is -0.472 e. The molecule has 0 amide bonds. The molecule has 4 heterocycles. The van der Waals surface area contributed by atoms with E-state index in [1.54, 1.807) is 18.6 Å². The largest absolute Gasteiger partial charge is 0.472 e. The summed E-state index contributed by atoms with van der Waals surface area (Å²) in [5.74, 6) is 2.82. The second-order valence-corrected chi connectivity index (χ2v) is 6.78. The van der Waals surface area contributed by atoms with Crippen molar-refractivity contribution >= 4 is 5.82 Å². The molecule has 27 heavy (non-hydrogen) atoms. The Balaban J connectivity index is 1.44. The third-order valence-corrected chi connectivity index (χ3v) is 4.47. The summed E-state index contributed by atoms with van der Waals surface area (Å²) in [5, 5.41) is 4.08. The van der Waals surface area contributed by atoms with Crippen LogP contribution in [0.15, 0.2) is 41.3 Å². The molecule has 0 N–H and O–H groups in total. The van der Waals surface area contributed by atoms with Gasteiger partial charge >= 0.3 is 0 Å². The SMILES string of the molecule is CC(C)Oc1nccnc1N1CCC(c2nc(-c3ccccn3)no2)CC1. The number of pyridine rings is 1. The fourth-order valence-electron chi connectivity index (χ4n) is 3.18. The van der Waals surface area contributed by atoms with Gasteiger partial charge in [-0.25, -0.2) is 9.97 Å². The highest BCUT2D eigenvalue weighted by Gasteiger charge is 2.28. The summed E-state index contributed by atoms with van der Waals surface area (Å²) < 4.78 is 11.3. The van der Waals surface area contributed by atoms with Crippen molar-refractivity contribution in [1.29, 1.82) is 0 Å². The Labute approximate surface area is 157 Å². The first-order valence-corrected chi connectivity index (χ1v) is 9.18. The van der Waals surface area contributed by atoms with E-state index in [0.717, 1.165) is 37.4 Å². The summed E-state index contributed by atoms with van der Waals surface area (Å²) in [6.45, 7) is 5.64. The average molecular weight is 366 g/mol. The van der Waals surface area contributed by atoms with Crippen molar-refractivity contribution in [2.24, 2.45) is 0 Å². The molecule has 8 nitrogen and oxygen atoms in total. The maximum absolute atomic E-state index is 5.80. The zero-order valence-electron chi connectivity index (χ0n) is 15.4. The van der Waals surface area contributed by atoms with E-state index in [9.17, 15) is 0 Å². The summed E-state index contributed by atoms with van der Waals surface area (Å²) in [4.78, 5) is 19.8. The molecule has 0 spiro atoms. The first kappa shape index (κ1) is 17.4. The number of rotatable bonds is 5. The van der Waals surface area contributed by atoms with Crippen molar-refractivity contribution in [3.05, 3.63) is 42.7 Å². The number of aromatic nitrogens is 5. The Morgan fingerprint density at radius 1 is 1.07 bits per heavy atom. The number of piperidine rings is 1. The van der Waals surface area contributed by atoms with E-state index in [-0.39, 0.29) is 12.0 Å². The summed E-state index contributed by atoms with van der Waals surface area (Å²) in [6, 6.07) is 5.65. The molecule has 0 unspecified atom stereocenters. The molecule has 0 radical (unpaired) electrons. The molecular formula is C19H22N6O2. The molecule has 4 rings (SSSR count). The molecular weight excluding hydrogens is 344 g/mol. The molecule has 140 valence electrons. The number of hydrogen-bond donors (Lipinski definition) is 0. The van der Waals surface area contributed by atoms with Gasteiger partial charge in [0.15, 0.2) is 5.82 Å². The van der Waals surface area contributed by atoms with Crippen molar-refractivity contribution in [1.82, 2.24) is 25.1 Å². The van der Waals surface area contributed by atoms with Crippen LogP contribution < -0.4 is 9.64 Å². The monoisotopic (exact) mass is 366 g/mol.